The summed E-state index contributed by atoms with van der Waals surface area (Å²) in [5.74, 6) is 0. The molecule has 0 radical (unpaired) electrons. The first-order chi connectivity index (χ1) is 5.88. The summed E-state index contributed by atoms with van der Waals surface area (Å²) in [5, 5.41) is 0. The van der Waals surface area contributed by atoms with Gasteiger partial charge in [0, 0.05) is 16.4 Å². The summed E-state index contributed by atoms with van der Waals surface area (Å²) in [6, 6.07) is 2.15. The average Bonchev–Trinajstić information content (AvgIpc) is 1.94. The molecule has 1 heterocycles. The molecule has 0 bridgehead atoms. The minimum Gasteiger partial charge on any atom is -0.260 e. The number of rotatable bonds is 1. The SMILES string of the molecule is Cc1cc(CC(C)(C)C)ncc1Br. The van der Waals surface area contributed by atoms with E-state index in [1.165, 1.54) is 11.3 Å². The lowest BCUT2D eigenvalue weighted by molar-refractivity contribution is 0.406. The van der Waals surface area contributed by atoms with Gasteiger partial charge in [0.1, 0.15) is 0 Å². The normalized spacial score (nSPS) is 11.8. The van der Waals surface area contributed by atoms with Gasteiger partial charge >= 0.3 is 0 Å². The van der Waals surface area contributed by atoms with Crippen LogP contribution in [-0.4, -0.2) is 4.98 Å². The summed E-state index contributed by atoms with van der Waals surface area (Å²) < 4.78 is 1.09. The van der Waals surface area contributed by atoms with Crippen molar-refractivity contribution in [2.45, 2.75) is 34.1 Å². The van der Waals surface area contributed by atoms with Crippen LogP contribution in [0.2, 0.25) is 0 Å². The first-order valence-electron chi connectivity index (χ1n) is 4.49. The maximum absolute atomic E-state index is 4.38. The van der Waals surface area contributed by atoms with Gasteiger partial charge in [-0.25, -0.2) is 0 Å². The summed E-state index contributed by atoms with van der Waals surface area (Å²) in [6.45, 7) is 8.78. The van der Waals surface area contributed by atoms with Crippen LogP contribution in [0.5, 0.6) is 0 Å². The number of aromatic nitrogens is 1. The van der Waals surface area contributed by atoms with Crippen LogP contribution in [0.4, 0.5) is 0 Å². The van der Waals surface area contributed by atoms with E-state index >= 15 is 0 Å². The van der Waals surface area contributed by atoms with Gasteiger partial charge in [0.2, 0.25) is 0 Å². The third kappa shape index (κ3) is 3.47. The van der Waals surface area contributed by atoms with Crippen molar-refractivity contribution in [3.63, 3.8) is 0 Å². The Hall–Kier alpha value is -0.370. The van der Waals surface area contributed by atoms with Crippen molar-refractivity contribution in [2.75, 3.05) is 0 Å². The van der Waals surface area contributed by atoms with Gasteiger partial charge in [-0.05, 0) is 46.3 Å². The van der Waals surface area contributed by atoms with Gasteiger partial charge in [0.05, 0.1) is 0 Å². The Bertz CT molecular complexity index is 299. The van der Waals surface area contributed by atoms with Crippen LogP contribution in [0.15, 0.2) is 16.7 Å². The van der Waals surface area contributed by atoms with Gasteiger partial charge in [-0.3, -0.25) is 4.98 Å². The van der Waals surface area contributed by atoms with Crippen molar-refractivity contribution in [3.8, 4) is 0 Å². The number of hydrogen-bond acceptors (Lipinski definition) is 1. The molecule has 0 aliphatic carbocycles. The number of nitrogens with zero attached hydrogens (tertiary/aromatic N) is 1. The van der Waals surface area contributed by atoms with E-state index in [0.717, 1.165) is 10.9 Å². The highest BCUT2D eigenvalue weighted by Gasteiger charge is 2.12. The van der Waals surface area contributed by atoms with Crippen LogP contribution in [0.3, 0.4) is 0 Å². The Morgan fingerprint density at radius 1 is 1.38 bits per heavy atom. The van der Waals surface area contributed by atoms with E-state index in [0.29, 0.717) is 5.41 Å². The van der Waals surface area contributed by atoms with Crippen molar-refractivity contribution < 1.29 is 0 Å². The van der Waals surface area contributed by atoms with Crippen molar-refractivity contribution in [3.05, 3.63) is 28.0 Å². The summed E-state index contributed by atoms with van der Waals surface area (Å²) in [4.78, 5) is 4.38. The zero-order valence-corrected chi connectivity index (χ0v) is 10.3. The Kier molecular flexibility index (Phi) is 3.12. The molecule has 0 atom stereocenters. The largest absolute Gasteiger partial charge is 0.260 e. The number of halogens is 1. The van der Waals surface area contributed by atoms with Gasteiger partial charge in [-0.2, -0.15) is 0 Å². The molecule has 1 aromatic heterocycles. The highest BCUT2D eigenvalue weighted by Crippen LogP contribution is 2.22. The summed E-state index contributed by atoms with van der Waals surface area (Å²) in [6.07, 6.45) is 2.91. The monoisotopic (exact) mass is 241 g/mol. The predicted octanol–water partition coefficient (Wildman–Crippen LogP) is 3.74. The van der Waals surface area contributed by atoms with E-state index < -0.39 is 0 Å². The van der Waals surface area contributed by atoms with E-state index in [-0.39, 0.29) is 0 Å². The second kappa shape index (κ2) is 3.79. The molecule has 2 heteroatoms. The minimum absolute atomic E-state index is 0.313. The maximum Gasteiger partial charge on any atom is 0.0416 e. The van der Waals surface area contributed by atoms with Crippen LogP contribution >= 0.6 is 15.9 Å². The molecule has 0 unspecified atom stereocenters. The predicted molar refractivity (Wildman–Crippen MR) is 59.8 cm³/mol. The Morgan fingerprint density at radius 3 is 2.46 bits per heavy atom. The van der Waals surface area contributed by atoms with Crippen LogP contribution in [0.25, 0.3) is 0 Å². The van der Waals surface area contributed by atoms with E-state index in [1.807, 2.05) is 6.20 Å². The fourth-order valence-corrected chi connectivity index (χ4v) is 1.45. The Morgan fingerprint density at radius 2 is 2.00 bits per heavy atom. The molecule has 1 aromatic rings. The van der Waals surface area contributed by atoms with E-state index in [2.05, 4.69) is 54.7 Å². The van der Waals surface area contributed by atoms with Crippen LogP contribution < -0.4 is 0 Å². The highest BCUT2D eigenvalue weighted by molar-refractivity contribution is 9.10. The van der Waals surface area contributed by atoms with Gasteiger partial charge in [-0.15, -0.1) is 0 Å². The lowest BCUT2D eigenvalue weighted by Crippen LogP contribution is -2.10. The standard InChI is InChI=1S/C11H16BrN/c1-8-5-9(6-11(2,3)4)13-7-10(8)12/h5,7H,6H2,1-4H3. The zero-order valence-electron chi connectivity index (χ0n) is 8.69. The number of aryl methyl sites for hydroxylation is 1. The molecule has 0 fully saturated rings. The van der Waals surface area contributed by atoms with Crippen molar-refractivity contribution >= 4 is 15.9 Å². The van der Waals surface area contributed by atoms with Gasteiger partial charge in [-0.1, -0.05) is 20.8 Å². The molecule has 0 saturated carbocycles. The summed E-state index contributed by atoms with van der Waals surface area (Å²) in [5.41, 5.74) is 2.75. The topological polar surface area (TPSA) is 12.9 Å². The zero-order chi connectivity index (χ0) is 10.1. The number of hydrogen-bond donors (Lipinski definition) is 0. The van der Waals surface area contributed by atoms with E-state index in [9.17, 15) is 0 Å². The molecular formula is C11H16BrN. The highest BCUT2D eigenvalue weighted by atomic mass is 79.9. The first kappa shape index (κ1) is 10.7. The van der Waals surface area contributed by atoms with Gasteiger partial charge < -0.3 is 0 Å². The molecule has 1 nitrogen and oxygen atoms in total. The molecule has 72 valence electrons. The fourth-order valence-electron chi connectivity index (χ4n) is 1.24. The second-order valence-corrected chi connectivity index (χ2v) is 5.52. The molecular weight excluding hydrogens is 226 g/mol. The molecule has 0 N–H and O–H groups in total. The molecule has 0 spiro atoms. The second-order valence-electron chi connectivity index (χ2n) is 4.66. The molecule has 0 aliphatic heterocycles. The summed E-state index contributed by atoms with van der Waals surface area (Å²) in [7, 11) is 0. The van der Waals surface area contributed by atoms with Gasteiger partial charge in [0.15, 0.2) is 0 Å². The van der Waals surface area contributed by atoms with Crippen LogP contribution in [-0.2, 0) is 6.42 Å². The van der Waals surface area contributed by atoms with Crippen molar-refractivity contribution in [2.24, 2.45) is 5.41 Å². The quantitative estimate of drug-likeness (QED) is 0.731. The average molecular weight is 242 g/mol. The smallest absolute Gasteiger partial charge is 0.0416 e. The Labute approximate surface area is 88.7 Å². The molecule has 0 aliphatic rings. The minimum atomic E-state index is 0.313. The van der Waals surface area contributed by atoms with Crippen molar-refractivity contribution in [1.29, 1.82) is 0 Å². The fraction of sp³-hybridized carbons (Fsp3) is 0.545. The first-order valence-corrected chi connectivity index (χ1v) is 5.29. The van der Waals surface area contributed by atoms with E-state index in [1.54, 1.807) is 0 Å². The molecule has 0 amide bonds. The van der Waals surface area contributed by atoms with Crippen LogP contribution in [0, 0.1) is 12.3 Å². The maximum atomic E-state index is 4.38. The van der Waals surface area contributed by atoms with Crippen LogP contribution in [0.1, 0.15) is 32.0 Å². The summed E-state index contributed by atoms with van der Waals surface area (Å²) >= 11 is 3.45. The Balaban J connectivity index is 2.86. The lowest BCUT2D eigenvalue weighted by atomic mass is 9.90. The number of pyridine rings is 1. The lowest BCUT2D eigenvalue weighted by Gasteiger charge is -2.17. The molecule has 0 saturated heterocycles. The van der Waals surface area contributed by atoms with Gasteiger partial charge in [0.25, 0.3) is 0 Å². The molecule has 0 aromatic carbocycles. The van der Waals surface area contributed by atoms with E-state index in [4.69, 9.17) is 0 Å². The third-order valence-corrected chi connectivity index (χ3v) is 2.65. The molecule has 13 heavy (non-hydrogen) atoms. The third-order valence-electron chi connectivity index (χ3n) is 1.82. The molecule has 1 rings (SSSR count). The van der Waals surface area contributed by atoms with Crippen molar-refractivity contribution in [1.82, 2.24) is 4.98 Å².